The molecule has 4 rings (SSSR count). The number of anilines is 1. The zero-order chi connectivity index (χ0) is 15.3. The van der Waals surface area contributed by atoms with Crippen molar-refractivity contribution in [1.29, 1.82) is 0 Å². The van der Waals surface area contributed by atoms with Crippen LogP contribution < -0.4 is 5.32 Å². The first kappa shape index (κ1) is 14.5. The van der Waals surface area contributed by atoms with Crippen molar-refractivity contribution in [3.05, 3.63) is 11.9 Å². The molecule has 0 radical (unpaired) electrons. The summed E-state index contributed by atoms with van der Waals surface area (Å²) in [4.78, 5) is 8.36. The third kappa shape index (κ3) is 2.86. The van der Waals surface area contributed by atoms with Gasteiger partial charge in [0.05, 0.1) is 11.9 Å². The smallest absolute Gasteiger partial charge is 0.214 e. The van der Waals surface area contributed by atoms with Crippen molar-refractivity contribution in [2.45, 2.75) is 64.0 Å². The number of nitrogens with zero attached hydrogens (tertiary/aromatic N) is 4. The van der Waals surface area contributed by atoms with E-state index in [4.69, 9.17) is 4.98 Å². The molecule has 0 spiro atoms. The molecule has 5 nitrogen and oxygen atoms in total. The predicted molar refractivity (Wildman–Crippen MR) is 90.8 cm³/mol. The summed E-state index contributed by atoms with van der Waals surface area (Å²) in [5.74, 6) is 0. The highest BCUT2D eigenvalue weighted by Crippen LogP contribution is 2.31. The summed E-state index contributed by atoms with van der Waals surface area (Å²) in [5, 5.41) is 9.28. The Morgan fingerprint density at radius 3 is 2.50 bits per heavy atom. The average Bonchev–Trinajstić information content (AvgIpc) is 3.11. The number of nitrogens with one attached hydrogen (secondary N) is 1. The molecule has 3 heterocycles. The van der Waals surface area contributed by atoms with Crippen LogP contribution in [0.25, 0.3) is 4.96 Å². The summed E-state index contributed by atoms with van der Waals surface area (Å²) in [6, 6.07) is 1.47. The van der Waals surface area contributed by atoms with E-state index in [0.717, 1.165) is 21.8 Å². The fourth-order valence-electron chi connectivity index (χ4n) is 3.14. The van der Waals surface area contributed by atoms with Gasteiger partial charge in [-0.15, -0.1) is 5.10 Å². The van der Waals surface area contributed by atoms with Gasteiger partial charge in [0.1, 0.15) is 0 Å². The van der Waals surface area contributed by atoms with Crippen LogP contribution in [0.1, 0.15) is 52.1 Å². The predicted octanol–water partition coefficient (Wildman–Crippen LogP) is 3.13. The van der Waals surface area contributed by atoms with Crippen molar-refractivity contribution in [3.8, 4) is 0 Å². The van der Waals surface area contributed by atoms with Crippen LogP contribution in [-0.4, -0.2) is 44.7 Å². The largest absolute Gasteiger partial charge is 0.357 e. The van der Waals surface area contributed by atoms with Gasteiger partial charge in [-0.1, -0.05) is 32.1 Å². The number of hydrogen-bond donors (Lipinski definition) is 1. The van der Waals surface area contributed by atoms with Crippen molar-refractivity contribution in [3.63, 3.8) is 0 Å². The standard InChI is InChI=1S/C16H25N5S/c1-16(2,3)13-10-21-15(18-13)22-14(19-21)17-11-6-8-20(9-7-11)12-4-5-12/h10-12H,4-9H2,1-3H3,(H,17,19). The molecule has 6 heteroatoms. The number of aromatic nitrogens is 3. The fourth-order valence-corrected chi connectivity index (χ4v) is 4.00. The molecule has 0 bridgehead atoms. The lowest BCUT2D eigenvalue weighted by Gasteiger charge is -2.32. The number of hydrogen-bond acceptors (Lipinski definition) is 5. The summed E-state index contributed by atoms with van der Waals surface area (Å²) >= 11 is 1.66. The molecule has 0 aromatic carbocycles. The van der Waals surface area contributed by atoms with Crippen molar-refractivity contribution in [2.24, 2.45) is 0 Å². The number of fused-ring (bicyclic) bond motifs is 1. The molecule has 2 aromatic heterocycles. The molecular weight excluding hydrogens is 294 g/mol. The Kier molecular flexibility index (Phi) is 3.42. The van der Waals surface area contributed by atoms with Gasteiger partial charge in [-0.3, -0.25) is 0 Å². The minimum Gasteiger partial charge on any atom is -0.357 e. The molecule has 0 atom stereocenters. The first-order chi connectivity index (χ1) is 10.5. The molecule has 1 aliphatic heterocycles. The average molecular weight is 319 g/mol. The van der Waals surface area contributed by atoms with E-state index in [2.05, 4.69) is 42.3 Å². The SMILES string of the molecule is CC(C)(C)c1cn2nc(NC3CCN(C4CC4)CC3)sc2n1. The van der Waals surface area contributed by atoms with Gasteiger partial charge in [0.25, 0.3) is 0 Å². The summed E-state index contributed by atoms with van der Waals surface area (Å²) in [6.07, 6.45) is 7.35. The molecule has 1 N–H and O–H groups in total. The minimum atomic E-state index is 0.0800. The maximum Gasteiger partial charge on any atom is 0.214 e. The third-order valence-corrected chi connectivity index (χ3v) is 5.59. The van der Waals surface area contributed by atoms with Gasteiger partial charge in [0.2, 0.25) is 10.1 Å². The highest BCUT2D eigenvalue weighted by atomic mass is 32.1. The summed E-state index contributed by atoms with van der Waals surface area (Å²) in [6.45, 7) is 9.03. The van der Waals surface area contributed by atoms with Crippen LogP contribution in [0.4, 0.5) is 5.13 Å². The molecule has 1 saturated heterocycles. The van der Waals surface area contributed by atoms with Crippen LogP contribution in [0.3, 0.4) is 0 Å². The van der Waals surface area contributed by atoms with E-state index >= 15 is 0 Å². The van der Waals surface area contributed by atoms with Crippen LogP contribution in [-0.2, 0) is 5.41 Å². The first-order valence-electron chi connectivity index (χ1n) is 8.36. The number of imidazole rings is 1. The van der Waals surface area contributed by atoms with E-state index in [1.54, 1.807) is 11.3 Å². The Hall–Kier alpha value is -1.14. The topological polar surface area (TPSA) is 45.5 Å². The molecule has 120 valence electrons. The summed E-state index contributed by atoms with van der Waals surface area (Å²) in [5.41, 5.74) is 1.19. The zero-order valence-electron chi connectivity index (χ0n) is 13.7. The normalized spacial score (nSPS) is 21.6. The van der Waals surface area contributed by atoms with Gasteiger partial charge < -0.3 is 10.2 Å². The third-order valence-electron chi connectivity index (χ3n) is 4.73. The highest BCUT2D eigenvalue weighted by Gasteiger charge is 2.32. The molecule has 1 aliphatic carbocycles. The molecule has 22 heavy (non-hydrogen) atoms. The second kappa shape index (κ2) is 5.20. The van der Waals surface area contributed by atoms with Gasteiger partial charge in [-0.2, -0.15) is 0 Å². The maximum absolute atomic E-state index is 4.71. The second-order valence-corrected chi connectivity index (χ2v) is 8.65. The van der Waals surface area contributed by atoms with Gasteiger partial charge in [0, 0.05) is 30.6 Å². The van der Waals surface area contributed by atoms with Gasteiger partial charge in [-0.25, -0.2) is 9.50 Å². The lowest BCUT2D eigenvalue weighted by atomic mass is 9.93. The van der Waals surface area contributed by atoms with E-state index < -0.39 is 0 Å². The van der Waals surface area contributed by atoms with Gasteiger partial charge in [0.15, 0.2) is 0 Å². The summed E-state index contributed by atoms with van der Waals surface area (Å²) < 4.78 is 1.92. The highest BCUT2D eigenvalue weighted by molar-refractivity contribution is 7.20. The number of likely N-dealkylation sites (tertiary alicyclic amines) is 1. The molecule has 0 unspecified atom stereocenters. The monoisotopic (exact) mass is 319 g/mol. The van der Waals surface area contributed by atoms with E-state index in [9.17, 15) is 0 Å². The Morgan fingerprint density at radius 1 is 1.18 bits per heavy atom. The van der Waals surface area contributed by atoms with Crippen LogP contribution >= 0.6 is 11.3 Å². The molecular formula is C16H25N5S. The van der Waals surface area contributed by atoms with Crippen molar-refractivity contribution >= 4 is 21.4 Å². The lowest BCUT2D eigenvalue weighted by molar-refractivity contribution is 0.210. The fraction of sp³-hybridized carbons (Fsp3) is 0.750. The lowest BCUT2D eigenvalue weighted by Crippen LogP contribution is -2.40. The van der Waals surface area contributed by atoms with Crippen LogP contribution in [0.15, 0.2) is 6.20 Å². The van der Waals surface area contributed by atoms with Crippen molar-refractivity contribution in [1.82, 2.24) is 19.5 Å². The van der Waals surface area contributed by atoms with Crippen LogP contribution in [0.5, 0.6) is 0 Å². The van der Waals surface area contributed by atoms with Gasteiger partial charge >= 0.3 is 0 Å². The quantitative estimate of drug-likeness (QED) is 0.944. The van der Waals surface area contributed by atoms with Gasteiger partial charge in [-0.05, 0) is 25.7 Å². The van der Waals surface area contributed by atoms with E-state index in [0.29, 0.717) is 6.04 Å². The number of rotatable bonds is 3. The Bertz CT molecular complexity index is 624. The maximum atomic E-state index is 4.71. The summed E-state index contributed by atoms with van der Waals surface area (Å²) in [7, 11) is 0. The molecule has 2 aromatic rings. The van der Waals surface area contributed by atoms with E-state index in [-0.39, 0.29) is 5.41 Å². The number of piperidine rings is 1. The van der Waals surface area contributed by atoms with Crippen LogP contribution in [0.2, 0.25) is 0 Å². The Labute approximate surface area is 135 Å². The molecule has 2 fully saturated rings. The zero-order valence-corrected chi connectivity index (χ0v) is 14.5. The Morgan fingerprint density at radius 2 is 1.91 bits per heavy atom. The molecule has 0 amide bonds. The van der Waals surface area contributed by atoms with E-state index in [1.807, 2.05) is 4.52 Å². The Balaban J connectivity index is 1.40. The second-order valence-electron chi connectivity index (χ2n) is 7.70. The first-order valence-corrected chi connectivity index (χ1v) is 9.18. The van der Waals surface area contributed by atoms with Crippen molar-refractivity contribution < 1.29 is 0 Å². The molecule has 1 saturated carbocycles. The van der Waals surface area contributed by atoms with Crippen LogP contribution in [0, 0.1) is 0 Å². The minimum absolute atomic E-state index is 0.0800. The van der Waals surface area contributed by atoms with Crippen molar-refractivity contribution in [2.75, 3.05) is 18.4 Å². The molecule has 2 aliphatic rings. The van der Waals surface area contributed by atoms with E-state index in [1.165, 1.54) is 38.8 Å².